The van der Waals surface area contributed by atoms with Gasteiger partial charge in [0.15, 0.2) is 0 Å². The number of amides is 1. The van der Waals surface area contributed by atoms with Crippen molar-refractivity contribution >= 4 is 51.4 Å². The van der Waals surface area contributed by atoms with Crippen LogP contribution in [0.3, 0.4) is 0 Å². The van der Waals surface area contributed by atoms with E-state index in [1.807, 2.05) is 12.1 Å². The van der Waals surface area contributed by atoms with E-state index in [0.717, 1.165) is 26.8 Å². The van der Waals surface area contributed by atoms with E-state index < -0.39 is 16.9 Å². The number of aliphatic hydroxyl groups is 1. The van der Waals surface area contributed by atoms with Gasteiger partial charge in [-0.2, -0.15) is 0 Å². The predicted molar refractivity (Wildman–Crippen MR) is 139 cm³/mol. The minimum atomic E-state index is -0.757. The van der Waals surface area contributed by atoms with Crippen molar-refractivity contribution in [2.24, 2.45) is 5.92 Å². The molecule has 0 aliphatic carbocycles. The van der Waals surface area contributed by atoms with Gasteiger partial charge in [0, 0.05) is 23.5 Å². The number of allylic oxidation sites excluding steroid dienone is 1. The monoisotopic (exact) mass is 506 g/mol. The third-order valence-electron chi connectivity index (χ3n) is 6.26. The molecule has 1 amide bonds. The minimum absolute atomic E-state index is 0.00193. The standard InChI is InChI=1S/C26H22N2O5S2/c1-15(29)22-24(30)27-23(26(34)33-14-16-7-10-20(11-8-16)28(31)32)21(35-25(22)27)13-17-6-9-18-4-2-3-5-19(18)12-17/h2-12,15,22,25,29H,13-14H2,1H3/t15-,22+,25+/m0/s1. The Hall–Kier alpha value is -3.27. The van der Waals surface area contributed by atoms with Crippen LogP contribution in [0, 0.1) is 16.0 Å². The molecule has 178 valence electrons. The van der Waals surface area contributed by atoms with E-state index in [9.17, 15) is 20.0 Å². The summed E-state index contributed by atoms with van der Waals surface area (Å²) in [4.78, 5) is 25.9. The van der Waals surface area contributed by atoms with E-state index in [1.54, 1.807) is 35.7 Å². The number of carbonyl (C=O) groups is 1. The second-order valence-corrected chi connectivity index (χ2v) is 10.2. The molecule has 1 N–H and O–H groups in total. The van der Waals surface area contributed by atoms with Gasteiger partial charge in [-0.15, -0.1) is 11.8 Å². The van der Waals surface area contributed by atoms with E-state index in [1.165, 1.54) is 12.1 Å². The molecule has 1 saturated heterocycles. The Bertz CT molecular complexity index is 1370. The first-order valence-corrected chi connectivity index (χ1v) is 12.4. The molecule has 5 rings (SSSR count). The molecule has 3 aromatic rings. The minimum Gasteiger partial charge on any atom is -0.477 e. The number of nitrogens with zero attached hydrogens (tertiary/aromatic N) is 2. The fourth-order valence-corrected chi connectivity index (χ4v) is 6.43. The van der Waals surface area contributed by atoms with Gasteiger partial charge in [-0.05, 0) is 53.2 Å². The summed E-state index contributed by atoms with van der Waals surface area (Å²) < 4.78 is 5.88. The van der Waals surface area contributed by atoms with Gasteiger partial charge < -0.3 is 9.84 Å². The predicted octanol–water partition coefficient (Wildman–Crippen LogP) is 4.96. The number of carbonyl (C=O) groups excluding carboxylic acids is 1. The van der Waals surface area contributed by atoms with Crippen molar-refractivity contribution in [3.8, 4) is 0 Å². The van der Waals surface area contributed by atoms with Crippen molar-refractivity contribution < 1.29 is 19.6 Å². The third kappa shape index (κ3) is 4.42. The van der Waals surface area contributed by atoms with Gasteiger partial charge in [0.1, 0.15) is 17.7 Å². The lowest BCUT2D eigenvalue weighted by Gasteiger charge is -2.44. The Labute approximate surface area is 211 Å². The number of aliphatic hydroxyl groups excluding tert-OH is 1. The average Bonchev–Trinajstić information content (AvgIpc) is 3.16. The highest BCUT2D eigenvalue weighted by molar-refractivity contribution is 8.04. The molecule has 0 radical (unpaired) electrons. The van der Waals surface area contributed by atoms with Crippen molar-refractivity contribution in [3.63, 3.8) is 0 Å². The lowest BCUT2D eigenvalue weighted by molar-refractivity contribution is -0.384. The van der Waals surface area contributed by atoms with Gasteiger partial charge in [-0.25, -0.2) is 0 Å². The lowest BCUT2D eigenvalue weighted by atomic mass is 9.92. The zero-order chi connectivity index (χ0) is 24.7. The van der Waals surface area contributed by atoms with Crippen molar-refractivity contribution in [2.75, 3.05) is 0 Å². The second-order valence-electron chi connectivity index (χ2n) is 8.61. The lowest BCUT2D eigenvalue weighted by Crippen LogP contribution is -2.60. The second kappa shape index (κ2) is 9.41. The first kappa shape index (κ1) is 23.5. The van der Waals surface area contributed by atoms with Crippen LogP contribution in [0.25, 0.3) is 10.8 Å². The molecule has 2 aliphatic rings. The largest absolute Gasteiger partial charge is 0.477 e. The van der Waals surface area contributed by atoms with E-state index in [2.05, 4.69) is 30.3 Å². The summed E-state index contributed by atoms with van der Waals surface area (Å²) >= 11 is 7.16. The summed E-state index contributed by atoms with van der Waals surface area (Å²) in [6.07, 6.45) is -0.175. The number of thioether (sulfide) groups is 1. The van der Waals surface area contributed by atoms with E-state index in [-0.39, 0.29) is 28.6 Å². The van der Waals surface area contributed by atoms with Gasteiger partial charge in [0.05, 0.1) is 16.9 Å². The topological polar surface area (TPSA) is 92.9 Å². The molecule has 0 saturated carbocycles. The van der Waals surface area contributed by atoms with Crippen LogP contribution in [0.15, 0.2) is 77.3 Å². The first-order chi connectivity index (χ1) is 16.8. The zero-order valence-corrected chi connectivity index (χ0v) is 20.4. The van der Waals surface area contributed by atoms with E-state index >= 15 is 0 Å². The van der Waals surface area contributed by atoms with E-state index in [4.69, 9.17) is 17.0 Å². The molecule has 7 nitrogen and oxygen atoms in total. The number of hydrogen-bond donors (Lipinski definition) is 1. The summed E-state index contributed by atoms with van der Waals surface area (Å²) in [5.74, 6) is -0.649. The Morgan fingerprint density at radius 2 is 1.83 bits per heavy atom. The molecule has 1 fully saturated rings. The number of nitro benzene ring substituents is 1. The number of thiocarbonyl (C=S) groups is 1. The van der Waals surface area contributed by atoms with Gasteiger partial charge in [-0.1, -0.05) is 42.5 Å². The SMILES string of the molecule is C[C@H](O)[C@@H]1C(=O)N2C(C(=S)OCc3ccc([N+](=O)[O-])cc3)=C(Cc3ccc4ccccc4c3)S[C@H]12. The van der Waals surface area contributed by atoms with Crippen LogP contribution in [0.1, 0.15) is 18.1 Å². The molecule has 0 bridgehead atoms. The summed E-state index contributed by atoms with van der Waals surface area (Å²) in [6, 6.07) is 20.5. The Morgan fingerprint density at radius 1 is 1.14 bits per heavy atom. The number of β-lactam (4-membered cyclic amide) rings is 1. The molecular weight excluding hydrogens is 484 g/mol. The summed E-state index contributed by atoms with van der Waals surface area (Å²) in [6.45, 7) is 1.76. The number of fused-ring (bicyclic) bond motifs is 2. The summed E-state index contributed by atoms with van der Waals surface area (Å²) in [5.41, 5.74) is 2.40. The Morgan fingerprint density at radius 3 is 2.51 bits per heavy atom. The summed E-state index contributed by atoms with van der Waals surface area (Å²) in [7, 11) is 0. The van der Waals surface area contributed by atoms with Crippen LogP contribution in [-0.4, -0.2) is 37.4 Å². The third-order valence-corrected chi connectivity index (χ3v) is 7.94. The maximum Gasteiger partial charge on any atom is 0.269 e. The molecular formula is C26H22N2O5S2. The van der Waals surface area contributed by atoms with Crippen molar-refractivity contribution in [3.05, 3.63) is 98.6 Å². The Kier molecular flexibility index (Phi) is 6.31. The van der Waals surface area contributed by atoms with Gasteiger partial charge in [0.2, 0.25) is 11.0 Å². The molecule has 0 aromatic heterocycles. The average molecular weight is 507 g/mol. The van der Waals surface area contributed by atoms with Gasteiger partial charge >= 0.3 is 0 Å². The molecule has 9 heteroatoms. The highest BCUT2D eigenvalue weighted by atomic mass is 32.2. The maximum atomic E-state index is 12.9. The molecule has 3 atom stereocenters. The molecule has 2 heterocycles. The fourth-order valence-electron chi connectivity index (χ4n) is 4.43. The smallest absolute Gasteiger partial charge is 0.269 e. The number of non-ortho nitro benzene ring substituents is 1. The van der Waals surface area contributed by atoms with Gasteiger partial charge in [-0.3, -0.25) is 19.8 Å². The number of benzene rings is 3. The number of nitro groups is 1. The highest BCUT2D eigenvalue weighted by Crippen LogP contribution is 2.51. The van der Waals surface area contributed by atoms with Crippen molar-refractivity contribution in [2.45, 2.75) is 31.4 Å². The van der Waals surface area contributed by atoms with Crippen LogP contribution < -0.4 is 0 Å². The number of hydrogen-bond acceptors (Lipinski definition) is 7. The van der Waals surface area contributed by atoms with Crippen LogP contribution >= 0.6 is 24.0 Å². The van der Waals surface area contributed by atoms with Crippen LogP contribution in [0.2, 0.25) is 0 Å². The normalized spacial score (nSPS) is 19.9. The fraction of sp³-hybridized carbons (Fsp3) is 0.231. The quantitative estimate of drug-likeness (QED) is 0.210. The van der Waals surface area contributed by atoms with Crippen LogP contribution in [0.4, 0.5) is 5.69 Å². The number of ether oxygens (including phenoxy) is 1. The van der Waals surface area contributed by atoms with Crippen LogP contribution in [-0.2, 0) is 22.6 Å². The molecule has 3 aromatic carbocycles. The first-order valence-electron chi connectivity index (χ1n) is 11.1. The molecule has 35 heavy (non-hydrogen) atoms. The van der Waals surface area contributed by atoms with Crippen molar-refractivity contribution in [1.82, 2.24) is 4.90 Å². The zero-order valence-electron chi connectivity index (χ0n) is 18.8. The maximum absolute atomic E-state index is 12.9. The van der Waals surface area contributed by atoms with Gasteiger partial charge in [0.25, 0.3) is 5.69 Å². The van der Waals surface area contributed by atoms with Crippen molar-refractivity contribution in [1.29, 1.82) is 0 Å². The number of rotatable bonds is 7. The summed E-state index contributed by atoms with van der Waals surface area (Å²) in [5, 5.41) is 23.3. The Balaban J connectivity index is 1.40. The van der Waals surface area contributed by atoms with E-state index in [0.29, 0.717) is 12.1 Å². The molecule has 0 unspecified atom stereocenters. The molecule has 2 aliphatic heterocycles. The highest BCUT2D eigenvalue weighted by Gasteiger charge is 2.56. The van der Waals surface area contributed by atoms with Crippen LogP contribution in [0.5, 0.6) is 0 Å². The molecule has 0 spiro atoms.